The average molecular weight is 388 g/mol. The molecule has 0 spiro atoms. The van der Waals surface area contributed by atoms with E-state index in [-0.39, 0.29) is 29.2 Å². The Morgan fingerprint density at radius 2 is 1.75 bits per heavy atom. The van der Waals surface area contributed by atoms with Gasteiger partial charge in [-0.3, -0.25) is 0 Å². The molecule has 0 unspecified atom stereocenters. The van der Waals surface area contributed by atoms with E-state index in [0.717, 1.165) is 18.3 Å². The minimum atomic E-state index is -4.64. The van der Waals surface area contributed by atoms with Crippen molar-refractivity contribution in [3.63, 3.8) is 0 Å². The maximum absolute atomic E-state index is 13.6. The Kier molecular flexibility index (Phi) is 4.35. The van der Waals surface area contributed by atoms with Crippen LogP contribution in [0.3, 0.4) is 0 Å². The van der Waals surface area contributed by atoms with Gasteiger partial charge in [0.05, 0.1) is 12.2 Å². The normalized spacial score (nSPS) is 11.9. The summed E-state index contributed by atoms with van der Waals surface area (Å²) in [5, 5.41) is 9.19. The molecule has 8 heteroatoms. The highest BCUT2D eigenvalue weighted by atomic mass is 19.4. The molecule has 0 fully saturated rings. The first-order valence-corrected chi connectivity index (χ1v) is 8.19. The minimum absolute atomic E-state index is 0.0272. The van der Waals surface area contributed by atoms with Gasteiger partial charge in [0.25, 0.3) is 0 Å². The lowest BCUT2D eigenvalue weighted by Crippen LogP contribution is -2.07. The van der Waals surface area contributed by atoms with Gasteiger partial charge in [-0.05, 0) is 47.5 Å². The maximum atomic E-state index is 13.6. The summed E-state index contributed by atoms with van der Waals surface area (Å²) in [6.45, 7) is -0.184. The number of fused-ring (bicyclic) bond motifs is 1. The van der Waals surface area contributed by atoms with Gasteiger partial charge in [0.1, 0.15) is 5.52 Å². The van der Waals surface area contributed by atoms with Gasteiger partial charge in [-0.1, -0.05) is 12.1 Å². The summed E-state index contributed by atoms with van der Waals surface area (Å²) >= 11 is 0. The Balaban J connectivity index is 1.84. The van der Waals surface area contributed by atoms with Crippen LogP contribution in [0.2, 0.25) is 0 Å². The number of nitrogens with zero attached hydrogens (tertiary/aromatic N) is 2. The molecule has 4 aromatic rings. The van der Waals surface area contributed by atoms with Gasteiger partial charge < -0.3 is 9.52 Å². The fourth-order valence-electron chi connectivity index (χ4n) is 2.89. The van der Waals surface area contributed by atoms with Crippen LogP contribution >= 0.6 is 0 Å². The Hall–Kier alpha value is -3.26. The lowest BCUT2D eigenvalue weighted by atomic mass is 9.98. The number of benzene rings is 2. The molecular weight excluding hydrogens is 376 g/mol. The first-order chi connectivity index (χ1) is 13.3. The van der Waals surface area contributed by atoms with Gasteiger partial charge in [-0.15, -0.1) is 0 Å². The van der Waals surface area contributed by atoms with E-state index in [2.05, 4.69) is 9.97 Å². The molecule has 0 amide bonds. The molecule has 2 aromatic heterocycles. The minimum Gasteiger partial charge on any atom is -0.436 e. The molecule has 142 valence electrons. The third-order valence-electron chi connectivity index (χ3n) is 4.24. The number of aliphatic hydroxyl groups is 1. The number of rotatable bonds is 3. The Morgan fingerprint density at radius 1 is 0.964 bits per heavy atom. The van der Waals surface area contributed by atoms with Crippen molar-refractivity contribution in [1.82, 2.24) is 9.97 Å². The quantitative estimate of drug-likeness (QED) is 0.387. The average Bonchev–Trinajstić information content (AvgIpc) is 3.10. The van der Waals surface area contributed by atoms with E-state index in [9.17, 15) is 22.7 Å². The molecule has 1 N–H and O–H groups in total. The Bertz CT molecular complexity index is 1150. The highest BCUT2D eigenvalue weighted by molar-refractivity contribution is 5.78. The van der Waals surface area contributed by atoms with Crippen LogP contribution in [0.4, 0.5) is 17.6 Å². The third kappa shape index (κ3) is 3.34. The second-order valence-corrected chi connectivity index (χ2v) is 6.11. The van der Waals surface area contributed by atoms with Crippen molar-refractivity contribution < 1.29 is 27.1 Å². The number of aromatic nitrogens is 2. The van der Waals surface area contributed by atoms with Crippen LogP contribution in [0, 0.1) is 5.95 Å². The van der Waals surface area contributed by atoms with Gasteiger partial charge in [0.15, 0.2) is 5.58 Å². The molecule has 2 aromatic carbocycles. The third-order valence-corrected chi connectivity index (χ3v) is 4.24. The zero-order valence-electron chi connectivity index (χ0n) is 14.2. The zero-order valence-corrected chi connectivity index (χ0v) is 14.2. The maximum Gasteiger partial charge on any atom is 0.417 e. The number of oxazole rings is 1. The van der Waals surface area contributed by atoms with Crippen molar-refractivity contribution in [1.29, 1.82) is 0 Å². The van der Waals surface area contributed by atoms with Gasteiger partial charge in [0, 0.05) is 17.3 Å². The topological polar surface area (TPSA) is 59.2 Å². The van der Waals surface area contributed by atoms with Crippen LogP contribution in [-0.2, 0) is 12.8 Å². The molecule has 0 atom stereocenters. The van der Waals surface area contributed by atoms with Crippen LogP contribution in [0.25, 0.3) is 33.7 Å². The molecule has 0 aliphatic rings. The van der Waals surface area contributed by atoms with Crippen molar-refractivity contribution in [2.75, 3.05) is 0 Å². The predicted molar refractivity (Wildman–Crippen MR) is 93.6 cm³/mol. The molecular formula is C20H12F4N2O2. The van der Waals surface area contributed by atoms with Crippen LogP contribution in [0.15, 0.2) is 59.1 Å². The number of pyridine rings is 1. The SMILES string of the molecule is OCc1ccc2oc(-c3ccc(-c4ccc(F)nc4)c(C(F)(F)F)c3)nc2c1. The van der Waals surface area contributed by atoms with Gasteiger partial charge >= 0.3 is 6.18 Å². The van der Waals surface area contributed by atoms with E-state index in [1.165, 1.54) is 18.2 Å². The first kappa shape index (κ1) is 18.1. The van der Waals surface area contributed by atoms with E-state index in [1.54, 1.807) is 18.2 Å². The smallest absolute Gasteiger partial charge is 0.417 e. The van der Waals surface area contributed by atoms with E-state index < -0.39 is 17.7 Å². The summed E-state index contributed by atoms with van der Waals surface area (Å²) in [7, 11) is 0. The highest BCUT2D eigenvalue weighted by Gasteiger charge is 2.34. The Morgan fingerprint density at radius 3 is 2.43 bits per heavy atom. The molecule has 0 bridgehead atoms. The summed E-state index contributed by atoms with van der Waals surface area (Å²) in [4.78, 5) is 7.64. The number of hydrogen-bond acceptors (Lipinski definition) is 4. The second-order valence-electron chi connectivity index (χ2n) is 6.11. The molecule has 0 saturated heterocycles. The van der Waals surface area contributed by atoms with Crippen LogP contribution in [0.5, 0.6) is 0 Å². The van der Waals surface area contributed by atoms with Gasteiger partial charge in [-0.25, -0.2) is 9.97 Å². The standard InChI is InChI=1S/C20H12F4N2O2/c21-18-6-3-13(9-25-18)14-4-2-12(8-15(14)20(22,23)24)19-26-16-7-11(10-27)1-5-17(16)28-19/h1-9,27H,10H2. The lowest BCUT2D eigenvalue weighted by Gasteiger charge is -2.14. The predicted octanol–water partition coefficient (Wildman–Crippen LogP) is 5.21. The lowest BCUT2D eigenvalue weighted by molar-refractivity contribution is -0.137. The van der Waals surface area contributed by atoms with Crippen molar-refractivity contribution in [3.05, 3.63) is 71.8 Å². The molecule has 0 saturated carbocycles. The van der Waals surface area contributed by atoms with Crippen molar-refractivity contribution >= 4 is 11.1 Å². The van der Waals surface area contributed by atoms with E-state index in [4.69, 9.17) is 4.42 Å². The molecule has 0 aliphatic heterocycles. The largest absolute Gasteiger partial charge is 0.436 e. The van der Waals surface area contributed by atoms with E-state index in [1.807, 2.05) is 0 Å². The molecule has 4 rings (SSSR count). The summed E-state index contributed by atoms with van der Waals surface area (Å²) in [5.41, 5.74) is 0.703. The highest BCUT2D eigenvalue weighted by Crippen LogP contribution is 2.39. The summed E-state index contributed by atoms with van der Waals surface area (Å²) in [6, 6.07) is 10.8. The van der Waals surface area contributed by atoms with Crippen LogP contribution in [0.1, 0.15) is 11.1 Å². The Labute approximate surface area is 156 Å². The molecule has 0 radical (unpaired) electrons. The summed E-state index contributed by atoms with van der Waals surface area (Å²) in [5.74, 6) is -0.748. The van der Waals surface area contributed by atoms with Crippen LogP contribution in [-0.4, -0.2) is 15.1 Å². The number of alkyl halides is 3. The summed E-state index contributed by atoms with van der Waals surface area (Å²) in [6.07, 6.45) is -3.59. The van der Waals surface area contributed by atoms with Gasteiger partial charge in [0.2, 0.25) is 11.8 Å². The first-order valence-electron chi connectivity index (χ1n) is 8.19. The van der Waals surface area contributed by atoms with Gasteiger partial charge in [-0.2, -0.15) is 17.6 Å². The zero-order chi connectivity index (χ0) is 19.9. The van der Waals surface area contributed by atoms with E-state index >= 15 is 0 Å². The van der Waals surface area contributed by atoms with Crippen molar-refractivity contribution in [2.24, 2.45) is 0 Å². The second kappa shape index (κ2) is 6.72. The fourth-order valence-corrected chi connectivity index (χ4v) is 2.89. The molecule has 4 nitrogen and oxygen atoms in total. The summed E-state index contributed by atoms with van der Waals surface area (Å²) < 4.78 is 59.5. The monoisotopic (exact) mass is 388 g/mol. The fraction of sp³-hybridized carbons (Fsp3) is 0.100. The molecule has 2 heterocycles. The van der Waals surface area contributed by atoms with E-state index in [0.29, 0.717) is 16.7 Å². The number of halogens is 4. The van der Waals surface area contributed by atoms with Crippen molar-refractivity contribution in [2.45, 2.75) is 12.8 Å². The number of hydrogen-bond donors (Lipinski definition) is 1. The molecule has 0 aliphatic carbocycles. The van der Waals surface area contributed by atoms with Crippen LogP contribution < -0.4 is 0 Å². The van der Waals surface area contributed by atoms with Crippen molar-refractivity contribution in [3.8, 4) is 22.6 Å². The molecule has 28 heavy (non-hydrogen) atoms. The number of aliphatic hydroxyl groups excluding tert-OH is 1.